The van der Waals surface area contributed by atoms with Crippen LogP contribution in [0.1, 0.15) is 51.7 Å². The van der Waals surface area contributed by atoms with Crippen LogP contribution in [0.25, 0.3) is 11.0 Å². The molecule has 2 aliphatic heterocycles. The van der Waals surface area contributed by atoms with E-state index in [1.807, 2.05) is 37.3 Å². The van der Waals surface area contributed by atoms with E-state index in [9.17, 15) is 14.4 Å². The molecule has 0 saturated carbocycles. The maximum Gasteiger partial charge on any atom is 0.297 e. The summed E-state index contributed by atoms with van der Waals surface area (Å²) in [5.74, 6) is -0.890. The van der Waals surface area contributed by atoms with Gasteiger partial charge in [-0.25, -0.2) is 0 Å². The SMILES string of the molecule is Cc1ccc2oc3c(c(=O)c2c1)C1(C(=O)N(Cc2ccc(Cl)cc2)c2ccccc21)N(c1nnc(CC(C)C)s1)C3=O. The van der Waals surface area contributed by atoms with Crippen LogP contribution in [-0.2, 0) is 23.3 Å². The zero-order valence-corrected chi connectivity index (χ0v) is 24.6. The van der Waals surface area contributed by atoms with Gasteiger partial charge in [0.05, 0.1) is 23.2 Å². The van der Waals surface area contributed by atoms with Crippen LogP contribution >= 0.6 is 22.9 Å². The average Bonchev–Trinajstić information content (AvgIpc) is 3.59. The fraction of sp³-hybridized carbons (Fsp3) is 0.219. The number of hydrogen-bond donors (Lipinski definition) is 0. The van der Waals surface area contributed by atoms with Crippen LogP contribution < -0.4 is 15.2 Å². The van der Waals surface area contributed by atoms with Crippen molar-refractivity contribution in [2.24, 2.45) is 5.92 Å². The van der Waals surface area contributed by atoms with Gasteiger partial charge < -0.3 is 9.32 Å². The Kier molecular flexibility index (Phi) is 6.07. The van der Waals surface area contributed by atoms with E-state index in [0.717, 1.165) is 16.1 Å². The Labute approximate surface area is 250 Å². The van der Waals surface area contributed by atoms with Crippen LogP contribution in [0.3, 0.4) is 0 Å². The molecule has 0 N–H and O–H groups in total. The molecule has 7 rings (SSSR count). The van der Waals surface area contributed by atoms with Crippen LogP contribution in [-0.4, -0.2) is 22.0 Å². The molecule has 0 aliphatic carbocycles. The Morgan fingerprint density at radius 2 is 1.76 bits per heavy atom. The molecular formula is C32H25ClN4O4S. The maximum absolute atomic E-state index is 15.0. The third-order valence-electron chi connectivity index (χ3n) is 7.76. The van der Waals surface area contributed by atoms with E-state index in [4.69, 9.17) is 16.0 Å². The van der Waals surface area contributed by atoms with Gasteiger partial charge in [0.2, 0.25) is 10.9 Å². The molecule has 210 valence electrons. The minimum absolute atomic E-state index is 0.00210. The molecule has 3 aromatic carbocycles. The third kappa shape index (κ3) is 3.77. The predicted octanol–water partition coefficient (Wildman–Crippen LogP) is 6.26. The highest BCUT2D eigenvalue weighted by Gasteiger charge is 2.66. The lowest BCUT2D eigenvalue weighted by Crippen LogP contribution is -2.53. The lowest BCUT2D eigenvalue weighted by Gasteiger charge is -2.32. The molecule has 2 amide bonds. The lowest BCUT2D eigenvalue weighted by molar-refractivity contribution is -0.121. The van der Waals surface area contributed by atoms with E-state index in [1.54, 1.807) is 41.3 Å². The van der Waals surface area contributed by atoms with Crippen molar-refractivity contribution in [1.82, 2.24) is 10.2 Å². The van der Waals surface area contributed by atoms with E-state index < -0.39 is 22.8 Å². The Hall–Kier alpha value is -4.34. The van der Waals surface area contributed by atoms with Gasteiger partial charge in [-0.15, -0.1) is 10.2 Å². The fourth-order valence-electron chi connectivity index (χ4n) is 5.97. The van der Waals surface area contributed by atoms with Gasteiger partial charge in [0, 0.05) is 17.0 Å². The number of aromatic nitrogens is 2. The zero-order valence-electron chi connectivity index (χ0n) is 23.1. The molecule has 4 heterocycles. The van der Waals surface area contributed by atoms with E-state index in [2.05, 4.69) is 24.0 Å². The zero-order chi connectivity index (χ0) is 29.3. The first-order valence-electron chi connectivity index (χ1n) is 13.6. The standard InChI is InChI=1S/C32H25ClN4O4S/c1-17(2)14-25-34-35-31(42-25)37-29(39)28-26(27(38)21-15-18(3)8-13-24(21)41-28)32(37)22-6-4-5-7-23(22)36(30(32)40)16-19-9-11-20(33)12-10-19/h4-13,15,17H,14,16H2,1-3H3. The number of para-hydroxylation sites is 1. The van der Waals surface area contributed by atoms with Crippen molar-refractivity contribution < 1.29 is 14.0 Å². The van der Waals surface area contributed by atoms with Crippen molar-refractivity contribution >= 4 is 56.5 Å². The van der Waals surface area contributed by atoms with Crippen molar-refractivity contribution in [3.8, 4) is 0 Å². The number of anilines is 2. The average molecular weight is 597 g/mol. The number of rotatable bonds is 5. The molecule has 2 aromatic heterocycles. The number of carbonyl (C=O) groups excluding carboxylic acids is 2. The van der Waals surface area contributed by atoms with Crippen LogP contribution in [0.5, 0.6) is 0 Å². The van der Waals surface area contributed by atoms with Crippen LogP contribution in [0, 0.1) is 12.8 Å². The monoisotopic (exact) mass is 596 g/mol. The summed E-state index contributed by atoms with van der Waals surface area (Å²) in [6.45, 7) is 6.22. The quantitative estimate of drug-likeness (QED) is 0.238. The van der Waals surface area contributed by atoms with Gasteiger partial charge in [-0.2, -0.15) is 0 Å². The Balaban J connectivity index is 1.52. The first kappa shape index (κ1) is 26.6. The largest absolute Gasteiger partial charge is 0.450 e. The van der Waals surface area contributed by atoms with E-state index in [1.165, 1.54) is 16.2 Å². The molecule has 8 nitrogen and oxygen atoms in total. The van der Waals surface area contributed by atoms with E-state index in [0.29, 0.717) is 34.0 Å². The second-order valence-electron chi connectivity index (χ2n) is 11.1. The number of benzene rings is 3. The molecule has 0 saturated heterocycles. The Bertz CT molecular complexity index is 1980. The smallest absolute Gasteiger partial charge is 0.297 e. The number of carbonyl (C=O) groups is 2. The first-order chi connectivity index (χ1) is 20.2. The topological polar surface area (TPSA) is 96.6 Å². The van der Waals surface area contributed by atoms with E-state index >= 15 is 0 Å². The summed E-state index contributed by atoms with van der Waals surface area (Å²) in [6, 6.07) is 19.7. The second kappa shape index (κ2) is 9.61. The summed E-state index contributed by atoms with van der Waals surface area (Å²) in [7, 11) is 0. The van der Waals surface area contributed by atoms with Crippen molar-refractivity contribution in [3.05, 3.63) is 115 Å². The number of aryl methyl sites for hydroxylation is 1. The van der Waals surface area contributed by atoms with Gasteiger partial charge >= 0.3 is 0 Å². The van der Waals surface area contributed by atoms with Crippen molar-refractivity contribution in [2.75, 3.05) is 9.80 Å². The normalized spacial score (nSPS) is 17.6. The van der Waals surface area contributed by atoms with Gasteiger partial charge in [0.1, 0.15) is 10.6 Å². The maximum atomic E-state index is 15.0. The highest BCUT2D eigenvalue weighted by atomic mass is 35.5. The summed E-state index contributed by atoms with van der Waals surface area (Å²) in [5, 5.41) is 10.6. The Morgan fingerprint density at radius 1 is 1.00 bits per heavy atom. The molecule has 0 fully saturated rings. The molecular weight excluding hydrogens is 572 g/mol. The van der Waals surface area contributed by atoms with Crippen LogP contribution in [0.2, 0.25) is 5.02 Å². The summed E-state index contributed by atoms with van der Waals surface area (Å²) in [6.07, 6.45) is 0.660. The van der Waals surface area contributed by atoms with Gasteiger partial charge in [-0.05, 0) is 48.7 Å². The molecule has 1 spiro atoms. The van der Waals surface area contributed by atoms with Crippen molar-refractivity contribution in [3.63, 3.8) is 0 Å². The van der Waals surface area contributed by atoms with Gasteiger partial charge in [-0.1, -0.05) is 78.7 Å². The molecule has 1 atom stereocenters. The molecule has 0 radical (unpaired) electrons. The summed E-state index contributed by atoms with van der Waals surface area (Å²) < 4.78 is 6.17. The predicted molar refractivity (Wildman–Crippen MR) is 162 cm³/mol. The number of hydrogen-bond acceptors (Lipinski definition) is 7. The minimum atomic E-state index is -1.82. The summed E-state index contributed by atoms with van der Waals surface area (Å²) in [5.41, 5.74) is 0.847. The molecule has 5 aromatic rings. The summed E-state index contributed by atoms with van der Waals surface area (Å²) >= 11 is 7.37. The van der Waals surface area contributed by atoms with Gasteiger partial charge in [-0.3, -0.25) is 19.3 Å². The van der Waals surface area contributed by atoms with Gasteiger partial charge in [0.25, 0.3) is 11.8 Å². The number of nitrogens with zero attached hydrogens (tertiary/aromatic N) is 4. The van der Waals surface area contributed by atoms with E-state index in [-0.39, 0.29) is 28.6 Å². The molecule has 42 heavy (non-hydrogen) atoms. The molecule has 10 heteroatoms. The highest BCUT2D eigenvalue weighted by Crippen LogP contribution is 2.54. The van der Waals surface area contributed by atoms with Gasteiger partial charge in [0.15, 0.2) is 11.0 Å². The second-order valence-corrected chi connectivity index (χ2v) is 12.6. The first-order valence-corrected chi connectivity index (χ1v) is 14.8. The number of halogens is 1. The van der Waals surface area contributed by atoms with Crippen LogP contribution in [0.4, 0.5) is 10.8 Å². The number of amides is 2. The van der Waals surface area contributed by atoms with Crippen molar-refractivity contribution in [2.45, 2.75) is 39.3 Å². The number of fused-ring (bicyclic) bond motifs is 5. The third-order valence-corrected chi connectivity index (χ3v) is 8.95. The Morgan fingerprint density at radius 3 is 2.52 bits per heavy atom. The van der Waals surface area contributed by atoms with Crippen molar-refractivity contribution in [1.29, 1.82) is 0 Å². The lowest BCUT2D eigenvalue weighted by atomic mass is 9.84. The molecule has 0 bridgehead atoms. The minimum Gasteiger partial charge on any atom is -0.450 e. The molecule has 2 aliphatic rings. The fourth-order valence-corrected chi connectivity index (χ4v) is 7.20. The summed E-state index contributed by atoms with van der Waals surface area (Å²) in [4.78, 5) is 46.7. The molecule has 1 unspecified atom stereocenters. The van der Waals surface area contributed by atoms with Crippen LogP contribution in [0.15, 0.2) is 75.9 Å². The highest BCUT2D eigenvalue weighted by molar-refractivity contribution is 7.15.